The van der Waals surface area contributed by atoms with Crippen molar-refractivity contribution in [3.63, 3.8) is 0 Å². The Morgan fingerprint density at radius 3 is 2.19 bits per heavy atom. The number of rotatable bonds is 8. The maximum absolute atomic E-state index is 12.5. The Balaban J connectivity index is 2.54. The van der Waals surface area contributed by atoms with Gasteiger partial charge in [-0.05, 0) is 51.5 Å². The second kappa shape index (κ2) is 9.66. The molecule has 9 heteroatoms. The van der Waals surface area contributed by atoms with E-state index in [-0.39, 0.29) is 29.7 Å². The molecule has 0 N–H and O–H groups in total. The van der Waals surface area contributed by atoms with Crippen LogP contribution in [0.25, 0.3) is 0 Å². The van der Waals surface area contributed by atoms with E-state index in [0.717, 1.165) is 8.78 Å². The number of amides is 1. The standard InChI is InChI=1S/C18H27BrN2O5S/c1-18(2,3)26-17(23)7-6-12-20(4)16(22)13-21(5)27(24,25)15-10-8-14(19)9-11-15/h8-11H,6-7,12-13H2,1-5H3. The molecule has 1 amide bonds. The summed E-state index contributed by atoms with van der Waals surface area (Å²) in [6, 6.07) is 6.21. The number of carbonyl (C=O) groups is 2. The number of hydrogen-bond acceptors (Lipinski definition) is 5. The number of halogens is 1. The van der Waals surface area contributed by atoms with Gasteiger partial charge in [0.2, 0.25) is 15.9 Å². The smallest absolute Gasteiger partial charge is 0.306 e. The first-order valence-corrected chi connectivity index (χ1v) is 10.7. The van der Waals surface area contributed by atoms with Crippen molar-refractivity contribution in [2.45, 2.75) is 44.1 Å². The van der Waals surface area contributed by atoms with Crippen LogP contribution in [0.4, 0.5) is 0 Å². The van der Waals surface area contributed by atoms with Crippen LogP contribution < -0.4 is 0 Å². The molecule has 0 radical (unpaired) electrons. The van der Waals surface area contributed by atoms with Crippen LogP contribution in [0.3, 0.4) is 0 Å². The number of nitrogens with zero attached hydrogens (tertiary/aromatic N) is 2. The number of sulfonamides is 1. The van der Waals surface area contributed by atoms with Gasteiger partial charge in [-0.15, -0.1) is 0 Å². The third-order valence-electron chi connectivity index (χ3n) is 3.60. The molecular formula is C18H27BrN2O5S. The zero-order chi connectivity index (χ0) is 20.8. The van der Waals surface area contributed by atoms with Gasteiger partial charge in [0.15, 0.2) is 0 Å². The van der Waals surface area contributed by atoms with Crippen LogP contribution in [0.2, 0.25) is 0 Å². The first-order valence-electron chi connectivity index (χ1n) is 8.50. The largest absolute Gasteiger partial charge is 0.460 e. The third kappa shape index (κ3) is 7.98. The first-order chi connectivity index (χ1) is 12.3. The quantitative estimate of drug-likeness (QED) is 0.554. The van der Waals surface area contributed by atoms with Crippen LogP contribution in [0, 0.1) is 0 Å². The lowest BCUT2D eigenvalue weighted by atomic mass is 10.2. The fraction of sp³-hybridized carbons (Fsp3) is 0.556. The lowest BCUT2D eigenvalue weighted by molar-refractivity contribution is -0.155. The van der Waals surface area contributed by atoms with E-state index in [1.165, 1.54) is 24.1 Å². The van der Waals surface area contributed by atoms with Gasteiger partial charge in [0.1, 0.15) is 5.60 Å². The molecule has 0 aliphatic carbocycles. The molecule has 0 aliphatic rings. The maximum atomic E-state index is 12.5. The summed E-state index contributed by atoms with van der Waals surface area (Å²) in [4.78, 5) is 25.5. The van der Waals surface area contributed by atoms with E-state index >= 15 is 0 Å². The fourth-order valence-electron chi connectivity index (χ4n) is 2.16. The molecule has 0 saturated carbocycles. The molecule has 1 aromatic rings. The van der Waals surface area contributed by atoms with Crippen LogP contribution in [0.15, 0.2) is 33.6 Å². The summed E-state index contributed by atoms with van der Waals surface area (Å²) in [5.41, 5.74) is -0.539. The fourth-order valence-corrected chi connectivity index (χ4v) is 3.55. The Labute approximate surface area is 169 Å². The Bertz CT molecular complexity index is 757. The van der Waals surface area contributed by atoms with Gasteiger partial charge in [-0.3, -0.25) is 9.59 Å². The molecule has 0 unspecified atom stereocenters. The molecule has 0 heterocycles. The molecule has 0 aromatic heterocycles. The van der Waals surface area contributed by atoms with Crippen molar-refractivity contribution in [1.82, 2.24) is 9.21 Å². The average molecular weight is 463 g/mol. The summed E-state index contributed by atoms with van der Waals surface area (Å²) in [7, 11) is -0.802. The van der Waals surface area contributed by atoms with Gasteiger partial charge in [-0.2, -0.15) is 4.31 Å². The van der Waals surface area contributed by atoms with Crippen LogP contribution in [-0.4, -0.2) is 62.3 Å². The minimum atomic E-state index is -3.75. The average Bonchev–Trinajstić information content (AvgIpc) is 2.53. The van der Waals surface area contributed by atoms with Crippen molar-refractivity contribution in [1.29, 1.82) is 0 Å². The highest BCUT2D eigenvalue weighted by Crippen LogP contribution is 2.18. The van der Waals surface area contributed by atoms with Crippen LogP contribution in [0.5, 0.6) is 0 Å². The van der Waals surface area contributed by atoms with E-state index < -0.39 is 15.6 Å². The number of benzene rings is 1. The molecule has 0 fully saturated rings. The molecule has 0 bridgehead atoms. The van der Waals surface area contributed by atoms with E-state index in [4.69, 9.17) is 4.74 Å². The van der Waals surface area contributed by atoms with Crippen molar-refractivity contribution in [2.75, 3.05) is 27.2 Å². The minimum absolute atomic E-state index is 0.119. The van der Waals surface area contributed by atoms with Crippen LogP contribution in [-0.2, 0) is 24.3 Å². The highest BCUT2D eigenvalue weighted by Gasteiger charge is 2.24. The zero-order valence-corrected chi connectivity index (χ0v) is 18.8. The van der Waals surface area contributed by atoms with E-state index in [2.05, 4.69) is 15.9 Å². The van der Waals surface area contributed by atoms with Gasteiger partial charge in [0.25, 0.3) is 0 Å². The Hall–Kier alpha value is -1.45. The summed E-state index contributed by atoms with van der Waals surface area (Å²) in [5.74, 6) is -0.666. The second-order valence-corrected chi connectivity index (χ2v) is 10.2. The van der Waals surface area contributed by atoms with Crippen molar-refractivity contribution < 1.29 is 22.7 Å². The van der Waals surface area contributed by atoms with Crippen molar-refractivity contribution >= 4 is 37.8 Å². The highest BCUT2D eigenvalue weighted by molar-refractivity contribution is 9.10. The topological polar surface area (TPSA) is 84.0 Å². The Morgan fingerprint density at radius 1 is 1.11 bits per heavy atom. The van der Waals surface area contributed by atoms with E-state index in [1.807, 2.05) is 0 Å². The summed E-state index contributed by atoms with van der Waals surface area (Å²) >= 11 is 3.26. The van der Waals surface area contributed by atoms with E-state index in [9.17, 15) is 18.0 Å². The lowest BCUT2D eigenvalue weighted by Crippen LogP contribution is -2.39. The molecule has 0 aliphatic heterocycles. The molecule has 1 aromatic carbocycles. The van der Waals surface area contributed by atoms with Gasteiger partial charge in [0.05, 0.1) is 11.4 Å². The molecule has 0 spiro atoms. The zero-order valence-electron chi connectivity index (χ0n) is 16.4. The maximum Gasteiger partial charge on any atom is 0.306 e. The van der Waals surface area contributed by atoms with Gasteiger partial charge < -0.3 is 9.64 Å². The molecule has 27 heavy (non-hydrogen) atoms. The van der Waals surface area contributed by atoms with Gasteiger partial charge >= 0.3 is 5.97 Å². The molecule has 0 atom stereocenters. The molecular weight excluding hydrogens is 436 g/mol. The first kappa shape index (κ1) is 23.6. The van der Waals surface area contributed by atoms with Crippen molar-refractivity contribution in [3.05, 3.63) is 28.7 Å². The van der Waals surface area contributed by atoms with Crippen molar-refractivity contribution in [2.24, 2.45) is 0 Å². The Kier molecular flexibility index (Phi) is 8.44. The van der Waals surface area contributed by atoms with Crippen molar-refractivity contribution in [3.8, 4) is 0 Å². The molecule has 1 rings (SSSR count). The van der Waals surface area contributed by atoms with Gasteiger partial charge in [-0.25, -0.2) is 8.42 Å². The van der Waals surface area contributed by atoms with Crippen LogP contribution in [0.1, 0.15) is 33.6 Å². The van der Waals surface area contributed by atoms with E-state index in [0.29, 0.717) is 13.0 Å². The molecule has 7 nitrogen and oxygen atoms in total. The van der Waals surface area contributed by atoms with Crippen LogP contribution >= 0.6 is 15.9 Å². The number of hydrogen-bond donors (Lipinski definition) is 0. The normalized spacial score (nSPS) is 12.1. The van der Waals surface area contributed by atoms with E-state index in [1.54, 1.807) is 40.0 Å². The SMILES string of the molecule is CN(CCCC(=O)OC(C)(C)C)C(=O)CN(C)S(=O)(=O)c1ccc(Br)cc1. The third-order valence-corrected chi connectivity index (χ3v) is 5.95. The number of esters is 1. The second-order valence-electron chi connectivity index (χ2n) is 7.22. The summed E-state index contributed by atoms with van der Waals surface area (Å²) in [6.07, 6.45) is 0.641. The lowest BCUT2D eigenvalue weighted by Gasteiger charge is -2.22. The summed E-state index contributed by atoms with van der Waals surface area (Å²) < 4.78 is 32.0. The Morgan fingerprint density at radius 2 is 1.67 bits per heavy atom. The molecule has 152 valence electrons. The number of carbonyl (C=O) groups excluding carboxylic acids is 2. The number of likely N-dealkylation sites (N-methyl/N-ethyl adjacent to an activating group) is 2. The number of ether oxygens (including phenoxy) is 1. The summed E-state index contributed by atoms with van der Waals surface area (Å²) in [5, 5.41) is 0. The molecule has 0 saturated heterocycles. The predicted molar refractivity (Wildman–Crippen MR) is 107 cm³/mol. The summed E-state index contributed by atoms with van der Waals surface area (Å²) in [6.45, 7) is 5.44. The van der Waals surface area contributed by atoms with Gasteiger partial charge in [0, 0.05) is 31.5 Å². The monoisotopic (exact) mass is 462 g/mol. The highest BCUT2D eigenvalue weighted by atomic mass is 79.9. The van der Waals surface area contributed by atoms with Gasteiger partial charge in [-0.1, -0.05) is 15.9 Å². The predicted octanol–water partition coefficient (Wildman–Crippen LogP) is 2.65. The minimum Gasteiger partial charge on any atom is -0.460 e.